The minimum Gasteiger partial charge on any atom is -0.387 e. The molecule has 0 aromatic carbocycles. The fraction of sp³-hybridized carbons (Fsp3) is 0.545. The first-order chi connectivity index (χ1) is 26.4. The first-order valence-corrected chi connectivity index (χ1v) is 21.7. The predicted octanol–water partition coefficient (Wildman–Crippen LogP) is -4.20. The van der Waals surface area contributed by atoms with E-state index < -0.39 is 105 Å². The quantitative estimate of drug-likeness (QED) is 0.0397. The van der Waals surface area contributed by atoms with Crippen LogP contribution in [-0.2, 0) is 57.2 Å². The lowest BCUT2D eigenvalue weighted by Crippen LogP contribution is -2.47. The monoisotopic (exact) mass is 896 g/mol. The number of hydrogen-bond donors (Lipinski definition) is 12. The van der Waals surface area contributed by atoms with E-state index in [-0.39, 0.29) is 34.2 Å². The summed E-state index contributed by atoms with van der Waals surface area (Å²) in [7, 11) is -20.8. The Morgan fingerprint density at radius 2 is 1.51 bits per heavy atom. The van der Waals surface area contributed by atoms with E-state index in [0.29, 0.717) is 0 Å². The molecule has 12 atom stereocenters. The molecule has 2 aliphatic rings. The Balaban J connectivity index is 1.04. The largest absolute Gasteiger partial charge is 0.489 e. The van der Waals surface area contributed by atoms with Crippen molar-refractivity contribution in [2.45, 2.75) is 49.1 Å². The van der Waals surface area contributed by atoms with Crippen LogP contribution in [0.3, 0.4) is 0 Å². The van der Waals surface area contributed by atoms with Gasteiger partial charge in [-0.05, 0) is 0 Å². The predicted molar refractivity (Wildman–Crippen MR) is 182 cm³/mol. The summed E-state index contributed by atoms with van der Waals surface area (Å²) in [5.41, 5.74) is 9.50. The van der Waals surface area contributed by atoms with Gasteiger partial charge in [-0.2, -0.15) is 13.6 Å². The van der Waals surface area contributed by atoms with Gasteiger partial charge >= 0.3 is 36.8 Å². The Bertz CT molecular complexity index is 2490. The van der Waals surface area contributed by atoms with E-state index in [1.807, 2.05) is 0 Å². The van der Waals surface area contributed by atoms with E-state index in [1.54, 1.807) is 0 Å². The van der Waals surface area contributed by atoms with Crippen LogP contribution >= 0.6 is 31.1 Å². The van der Waals surface area contributed by atoms with Gasteiger partial charge < -0.3 is 60.6 Å². The number of phosphoric acid groups is 2. The van der Waals surface area contributed by atoms with Crippen molar-refractivity contribution in [1.29, 1.82) is 0 Å². The topological polar surface area (TPSA) is 457 Å². The molecule has 0 bridgehead atoms. The van der Waals surface area contributed by atoms with E-state index in [9.17, 15) is 62.7 Å². The minimum absolute atomic E-state index is 0.000987. The van der Waals surface area contributed by atoms with Crippen molar-refractivity contribution in [3.8, 4) is 0 Å². The van der Waals surface area contributed by atoms with Gasteiger partial charge in [0.05, 0.1) is 26.6 Å². The smallest absolute Gasteiger partial charge is 0.387 e. The summed E-state index contributed by atoms with van der Waals surface area (Å²) in [5, 5.41) is 31.8. The number of nitrogens with two attached hydrogens (primary N) is 2. The molecule has 2 saturated heterocycles. The number of methoxy groups -OCH3 is 1. The molecule has 0 saturated carbocycles. The van der Waals surface area contributed by atoms with Crippen LogP contribution in [0.1, 0.15) is 12.5 Å². The molecule has 0 aliphatic carbocycles. The highest BCUT2D eigenvalue weighted by molar-refractivity contribution is 7.72. The number of aliphatic hydroxyl groups is 3. The second-order valence-corrected chi connectivity index (χ2v) is 18.7. The number of ether oxygens (including phenoxy) is 3. The third-order valence-corrected chi connectivity index (χ3v) is 14.6. The van der Waals surface area contributed by atoms with Crippen molar-refractivity contribution in [1.82, 2.24) is 38.9 Å². The third-order valence-electron chi connectivity index (χ3n) is 8.20. The molecule has 2 fully saturated rings. The number of aryl methyl sites for hydroxylation is 1. The molecule has 2 aliphatic heterocycles. The van der Waals surface area contributed by atoms with Crippen molar-refractivity contribution < 1.29 is 89.6 Å². The summed E-state index contributed by atoms with van der Waals surface area (Å²) < 4.78 is 87.5. The highest BCUT2D eigenvalue weighted by atomic mass is 31.3. The van der Waals surface area contributed by atoms with Gasteiger partial charge in [-0.25, -0.2) is 27.8 Å². The van der Waals surface area contributed by atoms with Gasteiger partial charge in [-0.15, -0.1) is 4.86 Å². The van der Waals surface area contributed by atoms with Crippen LogP contribution in [0.2, 0.25) is 0 Å². The number of imidazole rings is 2. The van der Waals surface area contributed by atoms with Crippen LogP contribution in [0.25, 0.3) is 22.3 Å². The Morgan fingerprint density at radius 3 is 2.19 bits per heavy atom. The number of rotatable bonds is 15. The Labute approximate surface area is 315 Å². The van der Waals surface area contributed by atoms with Crippen molar-refractivity contribution in [3.63, 3.8) is 0 Å². The van der Waals surface area contributed by atoms with Gasteiger partial charge in [-0.3, -0.25) is 37.7 Å². The van der Waals surface area contributed by atoms with Crippen LogP contribution in [0.5, 0.6) is 0 Å². The maximum atomic E-state index is 12.7. The van der Waals surface area contributed by atoms with Gasteiger partial charge in [0.25, 0.3) is 17.1 Å². The number of aromatic nitrogens is 8. The normalized spacial score (nSPS) is 29.6. The second kappa shape index (κ2) is 15.7. The van der Waals surface area contributed by atoms with Crippen LogP contribution in [0, 0.1) is 0 Å². The van der Waals surface area contributed by atoms with Gasteiger partial charge in [0.2, 0.25) is 17.7 Å². The van der Waals surface area contributed by atoms with Crippen molar-refractivity contribution in [3.05, 3.63) is 33.4 Å². The number of nitrogens with zero attached hydrogens (tertiary/aromatic N) is 6. The van der Waals surface area contributed by atoms with E-state index in [4.69, 9.17) is 30.2 Å². The average molecular weight is 896 g/mol. The van der Waals surface area contributed by atoms with E-state index in [2.05, 4.69) is 38.1 Å². The number of aliphatic hydroxyl groups excluding tert-OH is 3. The molecule has 6 heterocycles. The van der Waals surface area contributed by atoms with Crippen molar-refractivity contribution in [2.24, 2.45) is 7.05 Å². The van der Waals surface area contributed by atoms with Crippen LogP contribution in [0.4, 0.5) is 11.9 Å². The average Bonchev–Trinajstić information content (AvgIpc) is 3.80. The first-order valence-electron chi connectivity index (χ1n) is 15.6. The first kappa shape index (κ1) is 43.2. The molecule has 35 heteroatoms. The molecule has 6 rings (SSSR count). The van der Waals surface area contributed by atoms with E-state index in [1.165, 1.54) is 29.6 Å². The Hall–Kier alpha value is -3.38. The van der Waals surface area contributed by atoms with Crippen LogP contribution < -0.4 is 32.0 Å². The molecule has 4 aromatic rings. The van der Waals surface area contributed by atoms with Crippen molar-refractivity contribution in [2.75, 3.05) is 31.8 Å². The summed E-state index contributed by atoms with van der Waals surface area (Å²) in [6, 6.07) is 0. The van der Waals surface area contributed by atoms with Gasteiger partial charge in [0.15, 0.2) is 23.7 Å². The van der Waals surface area contributed by atoms with Gasteiger partial charge in [0.1, 0.15) is 36.6 Å². The lowest BCUT2D eigenvalue weighted by Gasteiger charge is -2.22. The standard InChI is InChI=1S/C22H33N11O20P4/c1-31-6-33(16-10(31)18(38)29-22(24)27-16)20-14(47-2)12(35)8(51-20)3-48-54(39,40)30-55(41,42)52-57(45,46)53-56(43,44)49-4-7-11(34)13(36)19(50-7)32-5-25-9-15(32)26-21(23)28-17(9)37/h5-8,11-14,19-20,34-36H,3-4H2,1-2H3,(H10-,23,24,26,27,28,29,30,37,38,39,40,41,42,43,44,45,46)/p+1/t7-,8-,11-,12-,13-,14-,19-,20-/m1/s1. The summed E-state index contributed by atoms with van der Waals surface area (Å²) in [4.78, 5) is 82.1. The summed E-state index contributed by atoms with van der Waals surface area (Å²) in [6.07, 6.45) is -10.1. The fourth-order valence-corrected chi connectivity index (χ4v) is 11.3. The molecule has 31 nitrogen and oxygen atoms in total. The zero-order chi connectivity index (χ0) is 42.0. The summed E-state index contributed by atoms with van der Waals surface area (Å²) in [6.45, 7) is -2.17. The molecule has 4 aromatic heterocycles. The number of H-pyrrole nitrogens is 2. The number of phosphoric ester groups is 1. The molecular formula is C22H34N11O20P4+. The zero-order valence-electron chi connectivity index (χ0n) is 28.8. The lowest BCUT2D eigenvalue weighted by molar-refractivity contribution is -0.746. The Morgan fingerprint density at radius 1 is 0.877 bits per heavy atom. The maximum absolute atomic E-state index is 12.7. The molecule has 14 N–H and O–H groups in total. The Kier molecular flexibility index (Phi) is 11.9. The van der Waals surface area contributed by atoms with Crippen LogP contribution in [-0.4, -0.2) is 126 Å². The lowest BCUT2D eigenvalue weighted by atomic mass is 10.1. The third kappa shape index (κ3) is 9.12. The summed E-state index contributed by atoms with van der Waals surface area (Å²) >= 11 is 0. The SMILES string of the molecule is CO[C@@H]1[C@H](O)[C@@H](COP(=O)(O)NP(=O)(O)OP(=O)(O)OP(=O)(O)OC[C@H]2O[C@@H](n3cnc4c(=O)[nH]c(N)nc43)[C@H](O)[C@@H]2O)O[C@H]1[n+]1cn(C)c2c(=O)[nH]c(N)nc21. The number of nitrogens with one attached hydrogen (secondary N) is 3. The maximum Gasteiger partial charge on any atom is 0.489 e. The number of hydrogen-bond acceptors (Lipinski definition) is 21. The van der Waals surface area contributed by atoms with E-state index >= 15 is 0 Å². The summed E-state index contributed by atoms with van der Waals surface area (Å²) in [5.74, 6) is -0.585. The second-order valence-electron chi connectivity index (χ2n) is 12.2. The molecule has 4 unspecified atom stereocenters. The highest BCUT2D eigenvalue weighted by Crippen LogP contribution is 2.68. The zero-order valence-corrected chi connectivity index (χ0v) is 32.3. The van der Waals surface area contributed by atoms with E-state index in [0.717, 1.165) is 15.8 Å². The van der Waals surface area contributed by atoms with Gasteiger partial charge in [0, 0.05) is 7.11 Å². The number of fused-ring (bicyclic) bond motifs is 2. The highest BCUT2D eigenvalue weighted by Gasteiger charge is 2.51. The molecule has 0 spiro atoms. The molecule has 0 radical (unpaired) electrons. The number of aromatic amines is 2. The minimum atomic E-state index is -6.17. The molecular weight excluding hydrogens is 862 g/mol. The number of nitrogen functional groups attached to an aromatic ring is 2. The fourth-order valence-electron chi connectivity index (χ4n) is 5.87. The van der Waals surface area contributed by atoms with Crippen LogP contribution in [0.15, 0.2) is 22.2 Å². The molecule has 0 amide bonds. The van der Waals surface area contributed by atoms with Crippen molar-refractivity contribution >= 4 is 65.4 Å². The number of anilines is 2. The molecule has 57 heavy (non-hydrogen) atoms. The van der Waals surface area contributed by atoms with Gasteiger partial charge in [-0.1, -0.05) is 4.98 Å². The molecule has 316 valence electrons.